The van der Waals surface area contributed by atoms with Crippen molar-refractivity contribution >= 4 is 22.8 Å². The number of hydrogen-bond acceptors (Lipinski definition) is 5. The van der Waals surface area contributed by atoms with Crippen LogP contribution in [0.15, 0.2) is 36.5 Å². The summed E-state index contributed by atoms with van der Waals surface area (Å²) in [6, 6.07) is 9.34. The van der Waals surface area contributed by atoms with Crippen molar-refractivity contribution in [3.8, 4) is 0 Å². The number of amides is 1. The normalized spacial score (nSPS) is 10.4. The van der Waals surface area contributed by atoms with Gasteiger partial charge in [0.15, 0.2) is 0 Å². The molecule has 0 aliphatic carbocycles. The number of benzene rings is 1. The Bertz CT molecular complexity index is 694. The third-order valence-electron chi connectivity index (χ3n) is 2.43. The van der Waals surface area contributed by atoms with Crippen LogP contribution in [0.3, 0.4) is 0 Å². The van der Waals surface area contributed by atoms with Gasteiger partial charge in [0.2, 0.25) is 5.95 Å². The van der Waals surface area contributed by atoms with Gasteiger partial charge in [-0.05, 0) is 22.6 Å². The Kier molecular flexibility index (Phi) is 2.41. The predicted octanol–water partition coefficient (Wildman–Crippen LogP) is 1.00. The quantitative estimate of drug-likeness (QED) is 0.696. The van der Waals surface area contributed by atoms with Crippen molar-refractivity contribution in [1.29, 1.82) is 0 Å². The van der Waals surface area contributed by atoms with Crippen LogP contribution >= 0.6 is 0 Å². The molecule has 3 aromatic rings. The van der Waals surface area contributed by atoms with E-state index in [0.717, 1.165) is 10.9 Å². The molecule has 2 heterocycles. The number of fused-ring (bicyclic) bond motifs is 1. The number of nitrogens with zero attached hydrogens (tertiary/aromatic N) is 4. The highest BCUT2D eigenvalue weighted by Gasteiger charge is 2.09. The maximum Gasteiger partial charge on any atom is 0.259 e. The number of rotatable bonds is 2. The van der Waals surface area contributed by atoms with Crippen molar-refractivity contribution in [3.05, 3.63) is 42.1 Å². The van der Waals surface area contributed by atoms with Gasteiger partial charge in [0.05, 0.1) is 11.1 Å². The fourth-order valence-electron chi connectivity index (χ4n) is 1.59. The summed E-state index contributed by atoms with van der Waals surface area (Å²) in [5.74, 6) is -0.111. The molecule has 7 heteroatoms. The topological polar surface area (TPSA) is 96.5 Å². The second kappa shape index (κ2) is 4.21. The summed E-state index contributed by atoms with van der Waals surface area (Å²) in [7, 11) is 0. The fourth-order valence-corrected chi connectivity index (χ4v) is 1.59. The summed E-state index contributed by atoms with van der Waals surface area (Å²) in [4.78, 5) is 16.1. The number of tetrazole rings is 1. The van der Waals surface area contributed by atoms with E-state index in [-0.39, 0.29) is 11.9 Å². The molecule has 0 atom stereocenters. The number of carbonyl (C=O) groups excluding carboxylic acids is 1. The Morgan fingerprint density at radius 3 is 3.00 bits per heavy atom. The lowest BCUT2D eigenvalue weighted by Crippen LogP contribution is -2.13. The predicted molar refractivity (Wildman–Crippen MR) is 63.9 cm³/mol. The van der Waals surface area contributed by atoms with Crippen LogP contribution in [0.2, 0.25) is 0 Å². The molecule has 0 fully saturated rings. The summed E-state index contributed by atoms with van der Waals surface area (Å²) in [6.07, 6.45) is 1.52. The lowest BCUT2D eigenvalue weighted by atomic mass is 10.1. The SMILES string of the molecule is O=C(Nc1nnn[nH]1)c1cnc2ccccc2c1. The van der Waals surface area contributed by atoms with Crippen molar-refractivity contribution in [1.82, 2.24) is 25.6 Å². The van der Waals surface area contributed by atoms with Gasteiger partial charge < -0.3 is 0 Å². The minimum absolute atomic E-state index is 0.202. The second-order valence-corrected chi connectivity index (χ2v) is 3.62. The molecule has 0 spiro atoms. The van der Waals surface area contributed by atoms with Gasteiger partial charge in [-0.1, -0.05) is 23.3 Å². The molecule has 2 aromatic heterocycles. The van der Waals surface area contributed by atoms with Crippen molar-refractivity contribution in [2.45, 2.75) is 0 Å². The number of nitrogens with one attached hydrogen (secondary N) is 2. The zero-order valence-electron chi connectivity index (χ0n) is 9.16. The lowest BCUT2D eigenvalue weighted by Gasteiger charge is -2.02. The van der Waals surface area contributed by atoms with E-state index in [0.29, 0.717) is 5.56 Å². The van der Waals surface area contributed by atoms with Gasteiger partial charge in [0.1, 0.15) is 0 Å². The van der Waals surface area contributed by atoms with E-state index in [9.17, 15) is 4.79 Å². The van der Waals surface area contributed by atoms with Gasteiger partial charge >= 0.3 is 0 Å². The highest BCUT2D eigenvalue weighted by atomic mass is 16.1. The van der Waals surface area contributed by atoms with E-state index in [1.165, 1.54) is 6.20 Å². The molecule has 3 rings (SSSR count). The van der Waals surface area contributed by atoms with Crippen LogP contribution in [0.4, 0.5) is 5.95 Å². The molecule has 0 aliphatic rings. The third kappa shape index (κ3) is 1.88. The van der Waals surface area contributed by atoms with Gasteiger partial charge in [-0.3, -0.25) is 15.1 Å². The molecule has 18 heavy (non-hydrogen) atoms. The monoisotopic (exact) mass is 240 g/mol. The minimum Gasteiger partial charge on any atom is -0.289 e. The van der Waals surface area contributed by atoms with Crippen LogP contribution in [0.25, 0.3) is 10.9 Å². The van der Waals surface area contributed by atoms with Crippen LogP contribution in [0.5, 0.6) is 0 Å². The molecular weight excluding hydrogens is 232 g/mol. The van der Waals surface area contributed by atoms with Crippen molar-refractivity contribution in [2.24, 2.45) is 0 Å². The number of anilines is 1. The van der Waals surface area contributed by atoms with Crippen LogP contribution < -0.4 is 5.32 Å². The number of H-pyrrole nitrogens is 1. The molecular formula is C11H8N6O. The summed E-state index contributed by atoms with van der Waals surface area (Å²) in [5, 5.41) is 16.2. The summed E-state index contributed by atoms with van der Waals surface area (Å²) >= 11 is 0. The van der Waals surface area contributed by atoms with Crippen molar-refractivity contribution in [3.63, 3.8) is 0 Å². The van der Waals surface area contributed by atoms with Gasteiger partial charge in [-0.25, -0.2) is 5.10 Å². The molecule has 1 amide bonds. The fraction of sp³-hybridized carbons (Fsp3) is 0. The van der Waals surface area contributed by atoms with E-state index in [1.807, 2.05) is 24.3 Å². The third-order valence-corrected chi connectivity index (χ3v) is 2.43. The highest BCUT2D eigenvalue weighted by molar-refractivity contribution is 6.04. The van der Waals surface area contributed by atoms with Crippen LogP contribution in [-0.2, 0) is 0 Å². The maximum atomic E-state index is 11.9. The van der Waals surface area contributed by atoms with E-state index in [4.69, 9.17) is 0 Å². The maximum absolute atomic E-state index is 11.9. The van der Waals surface area contributed by atoms with Crippen molar-refractivity contribution < 1.29 is 4.79 Å². The van der Waals surface area contributed by atoms with Crippen molar-refractivity contribution in [2.75, 3.05) is 5.32 Å². The smallest absolute Gasteiger partial charge is 0.259 e. The first-order valence-electron chi connectivity index (χ1n) is 5.23. The zero-order chi connectivity index (χ0) is 12.4. The first kappa shape index (κ1) is 10.3. The van der Waals surface area contributed by atoms with Gasteiger partial charge in [0.25, 0.3) is 5.91 Å². The molecule has 0 radical (unpaired) electrons. The van der Waals surface area contributed by atoms with E-state index >= 15 is 0 Å². The second-order valence-electron chi connectivity index (χ2n) is 3.62. The number of pyridine rings is 1. The van der Waals surface area contributed by atoms with E-state index < -0.39 is 0 Å². The van der Waals surface area contributed by atoms with Gasteiger partial charge in [-0.2, -0.15) is 0 Å². The van der Waals surface area contributed by atoms with E-state index in [1.54, 1.807) is 6.07 Å². The molecule has 0 saturated carbocycles. The first-order valence-corrected chi connectivity index (χ1v) is 5.23. The standard InChI is InChI=1S/C11H8N6O/c18-10(13-11-14-16-17-15-11)8-5-7-3-1-2-4-9(7)12-6-8/h1-6H,(H2,13,14,15,16,17,18). The van der Waals surface area contributed by atoms with Crippen LogP contribution in [0.1, 0.15) is 10.4 Å². The molecule has 0 saturated heterocycles. The van der Waals surface area contributed by atoms with Crippen LogP contribution in [-0.4, -0.2) is 31.5 Å². The summed E-state index contributed by atoms with van der Waals surface area (Å²) in [5.41, 5.74) is 1.29. The summed E-state index contributed by atoms with van der Waals surface area (Å²) in [6.45, 7) is 0. The first-order chi connectivity index (χ1) is 8.83. The Labute approximate surface area is 101 Å². The molecule has 0 unspecified atom stereocenters. The Balaban J connectivity index is 1.92. The molecule has 1 aromatic carbocycles. The lowest BCUT2D eigenvalue weighted by molar-refractivity contribution is 0.102. The molecule has 0 bridgehead atoms. The van der Waals surface area contributed by atoms with E-state index in [2.05, 4.69) is 30.9 Å². The average Bonchev–Trinajstić information content (AvgIpc) is 2.91. The average molecular weight is 240 g/mol. The number of para-hydroxylation sites is 1. The molecule has 88 valence electrons. The van der Waals surface area contributed by atoms with Crippen LogP contribution in [0, 0.1) is 0 Å². The largest absolute Gasteiger partial charge is 0.289 e. The molecule has 0 aliphatic heterocycles. The Hall–Kier alpha value is -2.83. The molecule has 2 N–H and O–H groups in total. The molecule has 7 nitrogen and oxygen atoms in total. The number of carbonyl (C=O) groups is 1. The van der Waals surface area contributed by atoms with Gasteiger partial charge in [-0.15, -0.1) is 0 Å². The minimum atomic E-state index is -0.313. The highest BCUT2D eigenvalue weighted by Crippen LogP contribution is 2.13. The summed E-state index contributed by atoms with van der Waals surface area (Å²) < 4.78 is 0. The number of aromatic nitrogens is 5. The Morgan fingerprint density at radius 2 is 2.17 bits per heavy atom. The number of hydrogen-bond donors (Lipinski definition) is 2. The number of aromatic amines is 1. The Morgan fingerprint density at radius 1 is 1.28 bits per heavy atom. The van der Waals surface area contributed by atoms with Gasteiger partial charge in [0, 0.05) is 11.6 Å². The zero-order valence-corrected chi connectivity index (χ0v) is 9.16.